The Labute approximate surface area is 120 Å². The summed E-state index contributed by atoms with van der Waals surface area (Å²) in [7, 11) is 0. The van der Waals surface area contributed by atoms with Gasteiger partial charge < -0.3 is 4.90 Å². The van der Waals surface area contributed by atoms with Crippen LogP contribution in [0.3, 0.4) is 0 Å². The molecule has 1 N–H and O–H groups in total. The number of thiazole rings is 1. The molecular formula is C12H16N6OS. The Bertz CT molecular complexity index is 581. The monoisotopic (exact) mass is 292 g/mol. The molecule has 0 unspecified atom stereocenters. The van der Waals surface area contributed by atoms with Crippen LogP contribution in [0.4, 0.5) is 10.6 Å². The maximum Gasteiger partial charge on any atom is 0.323 e. The summed E-state index contributed by atoms with van der Waals surface area (Å²) in [5.41, 5.74) is 0. The van der Waals surface area contributed by atoms with Crippen molar-refractivity contribution < 1.29 is 4.79 Å². The standard InChI is InChI=1S/C12H16N6OS/c1-2-17-8-10(15-16-17)14-12(19)18-6-3-4-9(18)11-13-5-7-20-11/h5,7-9H,2-4,6H2,1H3,(H,14,19)/t9-/m0/s1. The van der Waals surface area contributed by atoms with E-state index in [0.717, 1.165) is 30.9 Å². The summed E-state index contributed by atoms with van der Waals surface area (Å²) >= 11 is 1.59. The second-order valence-corrected chi connectivity index (χ2v) is 5.54. The largest absolute Gasteiger partial charge is 0.323 e. The van der Waals surface area contributed by atoms with Crippen LogP contribution in [0.5, 0.6) is 0 Å². The van der Waals surface area contributed by atoms with Crippen LogP contribution in [0, 0.1) is 0 Å². The topological polar surface area (TPSA) is 75.9 Å². The van der Waals surface area contributed by atoms with Gasteiger partial charge in [-0.3, -0.25) is 10.00 Å². The molecule has 0 aromatic carbocycles. The molecule has 1 aliphatic rings. The van der Waals surface area contributed by atoms with Crippen LogP contribution >= 0.6 is 11.3 Å². The number of carbonyl (C=O) groups excluding carboxylic acids is 1. The van der Waals surface area contributed by atoms with Gasteiger partial charge in [-0.25, -0.2) is 9.78 Å². The van der Waals surface area contributed by atoms with Crippen LogP contribution in [0.2, 0.25) is 0 Å². The van der Waals surface area contributed by atoms with Crippen molar-refractivity contribution in [3.05, 3.63) is 22.8 Å². The molecule has 2 aromatic rings. The van der Waals surface area contributed by atoms with Gasteiger partial charge in [0.15, 0.2) is 5.82 Å². The van der Waals surface area contributed by atoms with Crippen molar-refractivity contribution >= 4 is 23.2 Å². The number of likely N-dealkylation sites (tertiary alicyclic amines) is 1. The van der Waals surface area contributed by atoms with Crippen molar-refractivity contribution in [2.45, 2.75) is 32.4 Å². The zero-order valence-corrected chi connectivity index (χ0v) is 12.0. The molecule has 0 saturated carbocycles. The first kappa shape index (κ1) is 13.0. The Morgan fingerprint density at radius 3 is 3.20 bits per heavy atom. The van der Waals surface area contributed by atoms with Crippen molar-refractivity contribution in [3.8, 4) is 0 Å². The molecular weight excluding hydrogens is 276 g/mol. The number of amides is 2. The molecule has 0 aliphatic carbocycles. The van der Waals surface area contributed by atoms with Gasteiger partial charge in [0, 0.05) is 24.7 Å². The molecule has 1 fully saturated rings. The van der Waals surface area contributed by atoms with Gasteiger partial charge in [0.25, 0.3) is 0 Å². The van der Waals surface area contributed by atoms with Crippen LogP contribution < -0.4 is 5.32 Å². The highest BCUT2D eigenvalue weighted by Crippen LogP contribution is 2.33. The van der Waals surface area contributed by atoms with Crippen molar-refractivity contribution in [3.63, 3.8) is 0 Å². The molecule has 7 nitrogen and oxygen atoms in total. The van der Waals surface area contributed by atoms with Crippen LogP contribution in [0.15, 0.2) is 17.8 Å². The van der Waals surface area contributed by atoms with Gasteiger partial charge in [-0.1, -0.05) is 5.21 Å². The van der Waals surface area contributed by atoms with Crippen LogP contribution in [0.1, 0.15) is 30.8 Å². The Kier molecular flexibility index (Phi) is 3.64. The van der Waals surface area contributed by atoms with Gasteiger partial charge >= 0.3 is 6.03 Å². The molecule has 8 heteroatoms. The normalized spacial score (nSPS) is 18.4. The maximum atomic E-state index is 12.3. The highest BCUT2D eigenvalue weighted by Gasteiger charge is 2.31. The van der Waals surface area contributed by atoms with Gasteiger partial charge in [-0.15, -0.1) is 16.4 Å². The maximum absolute atomic E-state index is 12.3. The molecule has 2 amide bonds. The van der Waals surface area contributed by atoms with Gasteiger partial charge in [0.1, 0.15) is 5.01 Å². The summed E-state index contributed by atoms with van der Waals surface area (Å²) in [6, 6.07) is -0.0536. The number of aromatic nitrogens is 4. The van der Waals surface area contributed by atoms with Gasteiger partial charge in [0.2, 0.25) is 0 Å². The number of hydrogen-bond acceptors (Lipinski definition) is 5. The van der Waals surface area contributed by atoms with Crippen LogP contribution in [0.25, 0.3) is 0 Å². The fraction of sp³-hybridized carbons (Fsp3) is 0.500. The van der Waals surface area contributed by atoms with E-state index in [1.54, 1.807) is 28.4 Å². The Hall–Kier alpha value is -1.96. The van der Waals surface area contributed by atoms with E-state index in [0.29, 0.717) is 5.82 Å². The minimum absolute atomic E-state index is 0.0798. The number of carbonyl (C=O) groups is 1. The van der Waals surface area contributed by atoms with Crippen LogP contribution in [-0.4, -0.2) is 37.5 Å². The van der Waals surface area contributed by atoms with Crippen molar-refractivity contribution in [2.75, 3.05) is 11.9 Å². The summed E-state index contributed by atoms with van der Waals surface area (Å²) < 4.78 is 1.68. The lowest BCUT2D eigenvalue weighted by atomic mass is 10.2. The molecule has 0 spiro atoms. The molecule has 2 aromatic heterocycles. The molecule has 3 rings (SSSR count). The minimum Gasteiger partial charge on any atom is -0.315 e. The molecule has 0 radical (unpaired) electrons. The van der Waals surface area contributed by atoms with Crippen LogP contribution in [-0.2, 0) is 6.54 Å². The first-order valence-electron chi connectivity index (χ1n) is 6.65. The summed E-state index contributed by atoms with van der Waals surface area (Å²) in [6.07, 6.45) is 5.47. The minimum atomic E-state index is -0.133. The number of hydrogen-bond donors (Lipinski definition) is 1. The Morgan fingerprint density at radius 2 is 2.50 bits per heavy atom. The zero-order chi connectivity index (χ0) is 13.9. The fourth-order valence-electron chi connectivity index (χ4n) is 2.36. The summed E-state index contributed by atoms with van der Waals surface area (Å²) in [5, 5.41) is 13.6. The number of urea groups is 1. The zero-order valence-electron chi connectivity index (χ0n) is 11.2. The SMILES string of the molecule is CCn1cc(NC(=O)N2CCC[C@H]2c2nccs2)nn1. The average Bonchev–Trinajstić information content (AvgIpc) is 3.19. The van der Waals surface area contributed by atoms with Crippen molar-refractivity contribution in [1.82, 2.24) is 24.9 Å². The van der Waals surface area contributed by atoms with E-state index in [9.17, 15) is 4.79 Å². The summed E-state index contributed by atoms with van der Waals surface area (Å²) in [4.78, 5) is 18.5. The predicted octanol–water partition coefficient (Wildman–Crippen LogP) is 2.12. The number of nitrogens with zero attached hydrogens (tertiary/aromatic N) is 5. The van der Waals surface area contributed by atoms with E-state index in [4.69, 9.17) is 0 Å². The molecule has 3 heterocycles. The first-order valence-corrected chi connectivity index (χ1v) is 7.53. The Morgan fingerprint density at radius 1 is 1.60 bits per heavy atom. The predicted molar refractivity (Wildman–Crippen MR) is 75.5 cm³/mol. The molecule has 1 atom stereocenters. The molecule has 20 heavy (non-hydrogen) atoms. The second-order valence-electron chi connectivity index (χ2n) is 4.61. The number of aryl methyl sites for hydroxylation is 1. The molecule has 0 bridgehead atoms. The lowest BCUT2D eigenvalue weighted by Crippen LogP contribution is -2.34. The number of nitrogens with one attached hydrogen (secondary N) is 1. The summed E-state index contributed by atoms with van der Waals surface area (Å²) in [5.74, 6) is 0.488. The first-order chi connectivity index (χ1) is 9.78. The van der Waals surface area contributed by atoms with Crippen molar-refractivity contribution in [1.29, 1.82) is 0 Å². The molecule has 1 aliphatic heterocycles. The van der Waals surface area contributed by atoms with Crippen molar-refractivity contribution in [2.24, 2.45) is 0 Å². The van der Waals surface area contributed by atoms with Gasteiger partial charge in [0.05, 0.1) is 12.2 Å². The Balaban J connectivity index is 1.70. The lowest BCUT2D eigenvalue weighted by Gasteiger charge is -2.22. The lowest BCUT2D eigenvalue weighted by molar-refractivity contribution is 0.207. The highest BCUT2D eigenvalue weighted by molar-refractivity contribution is 7.09. The molecule has 106 valence electrons. The fourth-order valence-corrected chi connectivity index (χ4v) is 3.14. The highest BCUT2D eigenvalue weighted by atomic mass is 32.1. The van der Waals surface area contributed by atoms with Gasteiger partial charge in [-0.2, -0.15) is 0 Å². The molecule has 1 saturated heterocycles. The second kappa shape index (κ2) is 5.58. The summed E-state index contributed by atoms with van der Waals surface area (Å²) in [6.45, 7) is 3.45. The van der Waals surface area contributed by atoms with Gasteiger partial charge in [-0.05, 0) is 19.8 Å². The average molecular weight is 292 g/mol. The third-order valence-corrected chi connectivity index (χ3v) is 4.22. The van der Waals surface area contributed by atoms with E-state index in [1.807, 2.05) is 17.2 Å². The van der Waals surface area contributed by atoms with E-state index >= 15 is 0 Å². The number of rotatable bonds is 3. The quantitative estimate of drug-likeness (QED) is 0.940. The van der Waals surface area contributed by atoms with E-state index in [2.05, 4.69) is 20.6 Å². The van der Waals surface area contributed by atoms with E-state index in [1.165, 1.54) is 0 Å². The third kappa shape index (κ3) is 2.51. The van der Waals surface area contributed by atoms with E-state index < -0.39 is 0 Å². The number of anilines is 1. The third-order valence-electron chi connectivity index (χ3n) is 3.35. The van der Waals surface area contributed by atoms with E-state index in [-0.39, 0.29) is 12.1 Å². The smallest absolute Gasteiger partial charge is 0.315 e.